The number of carbonyl (C=O) groups excluding carboxylic acids is 2. The van der Waals surface area contributed by atoms with Crippen LogP contribution in [0.2, 0.25) is 0 Å². The number of unbranched alkanes of at least 4 members (excludes halogenated alkanes) is 1. The highest BCUT2D eigenvalue weighted by Crippen LogP contribution is 2.46. The number of esters is 1. The lowest BCUT2D eigenvalue weighted by Gasteiger charge is -2.36. The van der Waals surface area contributed by atoms with Gasteiger partial charge >= 0.3 is 5.97 Å². The fourth-order valence-corrected chi connectivity index (χ4v) is 5.04. The van der Waals surface area contributed by atoms with Crippen LogP contribution in [0.5, 0.6) is 17.2 Å². The Morgan fingerprint density at radius 2 is 1.72 bits per heavy atom. The van der Waals surface area contributed by atoms with Crippen LogP contribution in [0.25, 0.3) is 0 Å². The molecule has 0 aromatic heterocycles. The molecule has 7 heteroatoms. The first-order valence-electron chi connectivity index (χ1n) is 12.3. The number of dihydropyridines is 1. The molecule has 0 radical (unpaired) electrons. The molecule has 0 bridgehead atoms. The molecule has 190 valence electrons. The summed E-state index contributed by atoms with van der Waals surface area (Å²) in [7, 11) is 3.18. The first-order chi connectivity index (χ1) is 17.4. The van der Waals surface area contributed by atoms with Gasteiger partial charge < -0.3 is 24.6 Å². The summed E-state index contributed by atoms with van der Waals surface area (Å²) in [6.07, 6.45) is 2.61. The van der Waals surface area contributed by atoms with Gasteiger partial charge in [0, 0.05) is 29.3 Å². The van der Waals surface area contributed by atoms with Crippen molar-refractivity contribution < 1.29 is 28.9 Å². The summed E-state index contributed by atoms with van der Waals surface area (Å²) in [4.78, 5) is 26.9. The Morgan fingerprint density at radius 3 is 2.39 bits per heavy atom. The number of Topliss-reactive ketones (excluding diaryl/α,β-unsaturated/α-hetero) is 1. The lowest BCUT2D eigenvalue weighted by atomic mass is 9.71. The van der Waals surface area contributed by atoms with E-state index < -0.39 is 11.9 Å². The van der Waals surface area contributed by atoms with E-state index >= 15 is 0 Å². The van der Waals surface area contributed by atoms with Crippen LogP contribution in [0.15, 0.2) is 65.0 Å². The van der Waals surface area contributed by atoms with Crippen molar-refractivity contribution in [1.82, 2.24) is 5.32 Å². The van der Waals surface area contributed by atoms with Crippen LogP contribution in [-0.2, 0) is 14.3 Å². The smallest absolute Gasteiger partial charge is 0.336 e. The fourth-order valence-electron chi connectivity index (χ4n) is 5.04. The number of hydrogen-bond donors (Lipinski definition) is 2. The van der Waals surface area contributed by atoms with Gasteiger partial charge in [0.15, 0.2) is 17.3 Å². The largest absolute Gasteiger partial charge is 0.508 e. The minimum absolute atomic E-state index is 0.0204. The molecule has 7 nitrogen and oxygen atoms in total. The van der Waals surface area contributed by atoms with E-state index in [0.29, 0.717) is 47.8 Å². The molecule has 2 aliphatic rings. The molecular weight excluding hydrogens is 458 g/mol. The summed E-state index contributed by atoms with van der Waals surface area (Å²) < 4.78 is 16.4. The average Bonchev–Trinajstić information content (AvgIpc) is 2.87. The number of aromatic hydroxyl groups is 1. The number of nitrogens with one attached hydrogen (secondary N) is 1. The number of hydrogen-bond acceptors (Lipinski definition) is 7. The van der Waals surface area contributed by atoms with Gasteiger partial charge in [-0.15, -0.1) is 0 Å². The zero-order chi connectivity index (χ0) is 25.8. The lowest BCUT2D eigenvalue weighted by molar-refractivity contribution is -0.139. The van der Waals surface area contributed by atoms with E-state index in [0.717, 1.165) is 29.7 Å². The van der Waals surface area contributed by atoms with Crippen LogP contribution in [-0.4, -0.2) is 37.7 Å². The number of allylic oxidation sites excluding steroid dienone is 3. The van der Waals surface area contributed by atoms with E-state index in [1.165, 1.54) is 0 Å². The number of methoxy groups -OCH3 is 2. The van der Waals surface area contributed by atoms with Crippen molar-refractivity contribution in [3.63, 3.8) is 0 Å². The molecule has 1 heterocycles. The van der Waals surface area contributed by atoms with Crippen LogP contribution in [0, 0.1) is 0 Å². The molecule has 4 rings (SSSR count). The summed E-state index contributed by atoms with van der Waals surface area (Å²) in [6, 6.07) is 12.4. The van der Waals surface area contributed by atoms with Crippen LogP contribution < -0.4 is 14.8 Å². The molecule has 2 atom stereocenters. The van der Waals surface area contributed by atoms with Crippen molar-refractivity contribution in [3.8, 4) is 17.2 Å². The monoisotopic (exact) mass is 491 g/mol. The summed E-state index contributed by atoms with van der Waals surface area (Å²) in [6.45, 7) is 4.21. The quantitative estimate of drug-likeness (QED) is 0.391. The van der Waals surface area contributed by atoms with E-state index in [1.54, 1.807) is 38.5 Å². The molecule has 0 fully saturated rings. The molecule has 2 aromatic rings. The van der Waals surface area contributed by atoms with Gasteiger partial charge in [-0.2, -0.15) is 0 Å². The number of carbonyl (C=O) groups is 2. The highest BCUT2D eigenvalue weighted by Gasteiger charge is 2.41. The zero-order valence-corrected chi connectivity index (χ0v) is 21.2. The lowest BCUT2D eigenvalue weighted by Crippen LogP contribution is -2.36. The molecular formula is C29H33NO6. The van der Waals surface area contributed by atoms with Gasteiger partial charge in [-0.3, -0.25) is 4.79 Å². The summed E-state index contributed by atoms with van der Waals surface area (Å²) >= 11 is 0. The highest BCUT2D eigenvalue weighted by atomic mass is 16.5. The van der Waals surface area contributed by atoms with Gasteiger partial charge in [-0.1, -0.05) is 31.5 Å². The molecule has 0 saturated carbocycles. The van der Waals surface area contributed by atoms with Gasteiger partial charge in [0.25, 0.3) is 0 Å². The molecule has 0 amide bonds. The van der Waals surface area contributed by atoms with Gasteiger partial charge in [-0.25, -0.2) is 4.79 Å². The van der Waals surface area contributed by atoms with E-state index in [4.69, 9.17) is 14.2 Å². The van der Waals surface area contributed by atoms with Crippen molar-refractivity contribution in [1.29, 1.82) is 0 Å². The normalized spacial score (nSPS) is 19.5. The van der Waals surface area contributed by atoms with Gasteiger partial charge in [-0.05, 0) is 61.1 Å². The van der Waals surface area contributed by atoms with Crippen LogP contribution in [0.3, 0.4) is 0 Å². The Labute approximate surface area is 211 Å². The third-order valence-corrected chi connectivity index (χ3v) is 6.88. The van der Waals surface area contributed by atoms with Crippen molar-refractivity contribution in [2.45, 2.75) is 51.4 Å². The molecule has 2 unspecified atom stereocenters. The summed E-state index contributed by atoms with van der Waals surface area (Å²) in [5, 5.41) is 13.2. The minimum Gasteiger partial charge on any atom is -0.508 e. The third-order valence-electron chi connectivity index (χ3n) is 6.88. The predicted molar refractivity (Wildman–Crippen MR) is 136 cm³/mol. The van der Waals surface area contributed by atoms with E-state index in [2.05, 4.69) is 5.32 Å². The van der Waals surface area contributed by atoms with E-state index in [9.17, 15) is 14.7 Å². The summed E-state index contributed by atoms with van der Waals surface area (Å²) in [5.41, 5.74) is 4.27. The maximum atomic E-state index is 13.7. The predicted octanol–water partition coefficient (Wildman–Crippen LogP) is 5.11. The topological polar surface area (TPSA) is 94.1 Å². The fraction of sp³-hybridized carbons (Fsp3) is 0.379. The van der Waals surface area contributed by atoms with Crippen molar-refractivity contribution in [2.75, 3.05) is 20.8 Å². The molecule has 36 heavy (non-hydrogen) atoms. The molecule has 2 N–H and O–H groups in total. The van der Waals surface area contributed by atoms with Crippen molar-refractivity contribution >= 4 is 11.8 Å². The average molecular weight is 492 g/mol. The second kappa shape index (κ2) is 10.9. The van der Waals surface area contributed by atoms with Crippen molar-refractivity contribution in [3.05, 3.63) is 76.1 Å². The van der Waals surface area contributed by atoms with E-state index in [-0.39, 0.29) is 17.5 Å². The van der Waals surface area contributed by atoms with Crippen LogP contribution >= 0.6 is 0 Å². The molecule has 1 aliphatic heterocycles. The highest BCUT2D eigenvalue weighted by molar-refractivity contribution is 6.04. The number of ketones is 1. The Hall–Kier alpha value is -3.74. The Balaban J connectivity index is 1.73. The Kier molecular flexibility index (Phi) is 7.67. The van der Waals surface area contributed by atoms with Gasteiger partial charge in [0.1, 0.15) is 5.75 Å². The Morgan fingerprint density at radius 1 is 1.03 bits per heavy atom. The second-order valence-electron chi connectivity index (χ2n) is 9.21. The number of phenolic OH excluding ortho intramolecular Hbond substituents is 1. The maximum absolute atomic E-state index is 13.7. The zero-order valence-electron chi connectivity index (χ0n) is 21.2. The third kappa shape index (κ3) is 4.96. The summed E-state index contributed by atoms with van der Waals surface area (Å²) in [5.74, 6) is 0.328. The number of phenols is 1. The molecule has 1 aliphatic carbocycles. The first kappa shape index (κ1) is 25.4. The van der Waals surface area contributed by atoms with Gasteiger partial charge in [0.05, 0.1) is 26.4 Å². The molecule has 2 aromatic carbocycles. The number of ether oxygens (including phenoxy) is 3. The maximum Gasteiger partial charge on any atom is 0.336 e. The van der Waals surface area contributed by atoms with Crippen LogP contribution in [0.4, 0.5) is 0 Å². The first-order valence-corrected chi connectivity index (χ1v) is 12.3. The SMILES string of the molecule is CCCCOC(=O)C1=C(C)NC2=C(C(=O)CC(c3ccc(OC)c(OC)c3)C2)C1c1ccc(O)cc1. The second-order valence-corrected chi connectivity index (χ2v) is 9.21. The number of benzene rings is 2. The Bertz CT molecular complexity index is 1210. The minimum atomic E-state index is -0.560. The standard InChI is InChI=1S/C29H33NO6/c1-5-6-13-36-29(33)26-17(2)30-22-14-20(19-9-12-24(34-3)25(16-19)35-4)15-23(32)28(22)27(26)18-7-10-21(31)11-8-18/h7-12,16,20,27,30-31H,5-6,13-15H2,1-4H3. The van der Waals surface area contributed by atoms with Gasteiger partial charge in [0.2, 0.25) is 0 Å². The van der Waals surface area contributed by atoms with Crippen LogP contribution in [0.1, 0.15) is 62.5 Å². The van der Waals surface area contributed by atoms with E-state index in [1.807, 2.05) is 32.0 Å². The molecule has 0 spiro atoms. The van der Waals surface area contributed by atoms with Crippen molar-refractivity contribution in [2.24, 2.45) is 0 Å². The number of rotatable bonds is 8. The molecule has 0 saturated heterocycles.